The first-order valence-corrected chi connectivity index (χ1v) is 41.4. The first kappa shape index (κ1) is 85.8. The normalized spacial score (nSPS) is 12.0. The van der Waals surface area contributed by atoms with Gasteiger partial charge in [-0.3, -0.25) is 35.4 Å². The molecule has 594 valence electrons. The molecule has 8 aromatic carbocycles. The van der Waals surface area contributed by atoms with E-state index in [2.05, 4.69) is 75.3 Å². The van der Waals surface area contributed by atoms with Crippen molar-refractivity contribution in [3.8, 4) is 0 Å². The van der Waals surface area contributed by atoms with E-state index >= 15 is 0 Å². The number of amidine groups is 3. The van der Waals surface area contributed by atoms with Gasteiger partial charge in [0.25, 0.3) is 23.6 Å². The third-order valence-electron chi connectivity index (χ3n) is 19.6. The van der Waals surface area contributed by atoms with E-state index < -0.39 is 0 Å². The van der Waals surface area contributed by atoms with Gasteiger partial charge in [0.2, 0.25) is 0 Å². The minimum atomic E-state index is -0.202. The Morgan fingerprint density at radius 1 is 0.342 bits per heavy atom. The summed E-state index contributed by atoms with van der Waals surface area (Å²) < 4.78 is 0. The molecular formula is C93H90Cl4N15O4P. The quantitative estimate of drug-likeness (QED) is 0.0156. The molecule has 0 saturated carbocycles. The van der Waals surface area contributed by atoms with E-state index in [1.807, 2.05) is 164 Å². The molecule has 2 saturated heterocycles. The third-order valence-corrected chi connectivity index (χ3v) is 21.7. The van der Waals surface area contributed by atoms with Crippen molar-refractivity contribution >= 4 is 125 Å². The summed E-state index contributed by atoms with van der Waals surface area (Å²) in [4.78, 5) is 71.6. The van der Waals surface area contributed by atoms with Crippen LogP contribution < -0.4 is 27.0 Å². The molecule has 19 nitrogen and oxygen atoms in total. The molecule has 14 rings (SSSR count). The van der Waals surface area contributed by atoms with Gasteiger partial charge in [-0.1, -0.05) is 216 Å². The Bertz CT molecular complexity index is 5220. The average Bonchev–Trinajstić information content (AvgIpc) is 1.85. The molecule has 0 spiro atoms. The summed E-state index contributed by atoms with van der Waals surface area (Å²) in [5.41, 5.74) is 20.7. The van der Waals surface area contributed by atoms with Crippen LogP contribution in [0.1, 0.15) is 128 Å². The molecule has 0 bridgehead atoms. The molecule has 0 unspecified atom stereocenters. The third kappa shape index (κ3) is 26.2. The van der Waals surface area contributed by atoms with E-state index in [1.165, 1.54) is 66.6 Å². The molecule has 0 aliphatic carbocycles. The summed E-state index contributed by atoms with van der Waals surface area (Å²) in [6.45, 7) is 5.71. The van der Waals surface area contributed by atoms with Crippen LogP contribution in [-0.2, 0) is 51.4 Å². The molecule has 6 heterocycles. The zero-order valence-electron chi connectivity index (χ0n) is 64.6. The van der Waals surface area contributed by atoms with Crippen LogP contribution in [0.2, 0.25) is 20.1 Å². The number of halogens is 4. The number of hydrogen-bond acceptors (Lipinski definition) is 12. The molecule has 117 heavy (non-hydrogen) atoms. The number of nitrogen functional groups attached to an aromatic ring is 1. The molecule has 10 N–H and O–H groups in total. The topological polar surface area (TPSA) is 296 Å². The number of carbonyl (C=O) groups is 4. The molecule has 2 aliphatic heterocycles. The molecule has 0 atom stereocenters. The van der Waals surface area contributed by atoms with Crippen LogP contribution in [0.15, 0.2) is 267 Å². The number of likely N-dealkylation sites (tertiary alicyclic amines) is 1. The Kier molecular flexibility index (Phi) is 32.0. The van der Waals surface area contributed by atoms with Crippen LogP contribution in [0, 0.1) is 21.6 Å². The highest BCUT2D eigenvalue weighted by Crippen LogP contribution is 2.25. The lowest BCUT2D eigenvalue weighted by Crippen LogP contribution is -2.37. The molecule has 4 aromatic heterocycles. The Morgan fingerprint density at radius 3 is 0.855 bits per heavy atom. The maximum atomic E-state index is 12.8. The van der Waals surface area contributed by atoms with Crippen molar-refractivity contribution in [3.05, 3.63) is 377 Å². The summed E-state index contributed by atoms with van der Waals surface area (Å²) in [5.74, 6) is 2.42. The van der Waals surface area contributed by atoms with Crippen molar-refractivity contribution in [2.45, 2.75) is 71.1 Å². The zero-order chi connectivity index (χ0) is 82.4. The van der Waals surface area contributed by atoms with Crippen molar-refractivity contribution in [3.63, 3.8) is 0 Å². The number of aryl methyl sites for hydroxylation is 8. The van der Waals surface area contributed by atoms with Crippen LogP contribution >= 0.6 is 55.0 Å². The monoisotopic (exact) mass is 1650 g/mol. The fourth-order valence-corrected chi connectivity index (χ4v) is 14.7. The second-order valence-electron chi connectivity index (χ2n) is 27.8. The standard InChI is InChI=1S/C25H26ClN4OP.C25H25ClN4O.C22H20ClN3O.C21H19ClN4O/c26-21-11-12-23(28-17-21)29-25(31)22-4-2-1-3-19(22)8-5-18-6-9-20(10-7-18)24(27)30-13-15-32-16-14-30;26-21-13-14-23(28-17-21)29-25(31)22-6-2-1-5-19(22)10-7-18-8-11-20(12-9-18)24(27)30-15-3-4-16-30;1-15(24)17-9-6-16(7-10-17)8-11-18-4-2-3-5-20(18)22(27)26-21-13-12-19(23)14-25-21;22-17-11-12-19(25-13-17)26-21(27)18-4-2-1-3-15(18)8-5-14-6-9-16(10-7-14)20(23)24/h1-4,6-7,9-12,17,27,32H,5,8,13-16H2,(H,28,29,31);1-2,5-6,8-9,11-14,17,27H,3-4,7,10,15-16H2,(H,28,29,31);2-7,9-10,12-14,24H,8,11H2,1H3,(H,25,26,27);1-4,6-7,9-13H,5,8H2,(H3,23,24)(H,25,26,27). The number of nitrogens with one attached hydrogen (secondary N) is 8. The predicted molar refractivity (Wildman–Crippen MR) is 478 cm³/mol. The summed E-state index contributed by atoms with van der Waals surface area (Å²) >= 11 is 23.4. The summed E-state index contributed by atoms with van der Waals surface area (Å²) in [6.07, 6.45) is 17.0. The van der Waals surface area contributed by atoms with Crippen LogP contribution in [0.25, 0.3) is 0 Å². The summed E-state index contributed by atoms with van der Waals surface area (Å²) in [7, 11) is 1.03. The van der Waals surface area contributed by atoms with Crippen molar-refractivity contribution in [2.75, 3.05) is 59.8 Å². The maximum Gasteiger partial charge on any atom is 0.257 e. The fourth-order valence-electron chi connectivity index (χ4n) is 13.1. The van der Waals surface area contributed by atoms with E-state index in [1.54, 1.807) is 61.5 Å². The lowest BCUT2D eigenvalue weighted by molar-refractivity contribution is 0.101. The smallest absolute Gasteiger partial charge is 0.257 e. The predicted octanol–water partition coefficient (Wildman–Crippen LogP) is 19.5. The first-order chi connectivity index (χ1) is 56.7. The van der Waals surface area contributed by atoms with Crippen LogP contribution in [0.3, 0.4) is 0 Å². The number of amides is 4. The first-order valence-electron chi connectivity index (χ1n) is 38.4. The average molecular weight is 1650 g/mol. The molecule has 12 aromatic rings. The molecule has 0 radical (unpaired) electrons. The van der Waals surface area contributed by atoms with Crippen LogP contribution in [0.4, 0.5) is 23.3 Å². The molecule has 24 heteroatoms. The highest BCUT2D eigenvalue weighted by atomic mass is 35.5. The number of benzene rings is 8. The van der Waals surface area contributed by atoms with Crippen LogP contribution in [-0.4, -0.2) is 115 Å². The van der Waals surface area contributed by atoms with Gasteiger partial charge in [-0.2, -0.15) is 0 Å². The van der Waals surface area contributed by atoms with Gasteiger partial charge in [-0.25, -0.2) is 19.9 Å². The highest BCUT2D eigenvalue weighted by molar-refractivity contribution is 7.38. The van der Waals surface area contributed by atoms with E-state index in [-0.39, 0.29) is 29.5 Å². The summed E-state index contributed by atoms with van der Waals surface area (Å²) in [6, 6.07) is 76.0. The molecule has 2 fully saturated rings. The number of carbonyl (C=O) groups excluding carboxylic acids is 4. The number of rotatable bonds is 24. The van der Waals surface area contributed by atoms with E-state index in [9.17, 15) is 19.2 Å². The second kappa shape index (κ2) is 43.6. The van der Waals surface area contributed by atoms with Gasteiger partial charge in [-0.05, 0) is 206 Å². The number of nitrogens with zero attached hydrogens (tertiary/aromatic N) is 6. The van der Waals surface area contributed by atoms with E-state index in [4.69, 9.17) is 73.8 Å². The molecule has 2 aliphatic rings. The van der Waals surface area contributed by atoms with Crippen molar-refractivity contribution in [2.24, 2.45) is 5.73 Å². The zero-order valence-corrected chi connectivity index (χ0v) is 68.6. The van der Waals surface area contributed by atoms with Gasteiger partial charge < -0.3 is 42.2 Å². The van der Waals surface area contributed by atoms with Gasteiger partial charge in [0.05, 0.1) is 20.1 Å². The van der Waals surface area contributed by atoms with E-state index in [0.717, 1.165) is 131 Å². The van der Waals surface area contributed by atoms with Crippen molar-refractivity contribution < 1.29 is 19.2 Å². The number of anilines is 4. The molecule has 4 amide bonds. The fraction of sp³-hybridized carbons (Fsp3) is 0.183. The highest BCUT2D eigenvalue weighted by Gasteiger charge is 2.21. The van der Waals surface area contributed by atoms with Crippen molar-refractivity contribution in [1.82, 2.24) is 29.7 Å². The Balaban J connectivity index is 0.000000154. The number of nitrogens with two attached hydrogens (primary N) is 1. The maximum absolute atomic E-state index is 12.8. The Labute approximate surface area is 704 Å². The van der Waals surface area contributed by atoms with Gasteiger partial charge in [0.15, 0.2) is 0 Å². The van der Waals surface area contributed by atoms with Gasteiger partial charge >= 0.3 is 0 Å². The van der Waals surface area contributed by atoms with E-state index in [0.29, 0.717) is 88.6 Å². The minimum Gasteiger partial charge on any atom is -0.384 e. The number of pyridine rings is 4. The second-order valence-corrected chi connectivity index (χ2v) is 31.1. The lowest BCUT2D eigenvalue weighted by atomic mass is 9.98. The van der Waals surface area contributed by atoms with Crippen molar-refractivity contribution in [1.29, 1.82) is 21.6 Å². The SMILES string of the molecule is CC(=N)c1ccc(CCc2ccccc2C(=O)Nc2ccc(Cl)cn2)cc1.N=C(N)c1ccc(CCc2ccccc2C(=O)Nc2ccc(Cl)cn2)cc1.N=C(c1ccc(CCc2ccccc2C(=O)Nc2ccc(Cl)cn2)cc1)N1CCCC1.N=C(c1ccc(CCc2ccccc2C(=O)Nc2ccc(Cl)cn2)cc1)N1CCPCC1. The molecular weight excluding hydrogens is 1560 g/mol. The number of hydrogen-bond donors (Lipinski definition) is 9. The summed E-state index contributed by atoms with van der Waals surface area (Å²) in [5, 5.41) is 45.4. The van der Waals surface area contributed by atoms with Crippen LogP contribution in [0.5, 0.6) is 0 Å². The largest absolute Gasteiger partial charge is 0.384 e. The Morgan fingerprint density at radius 2 is 0.598 bits per heavy atom. The lowest BCUT2D eigenvalue weighted by Gasteiger charge is -2.29. The Hall–Kier alpha value is -12.1. The van der Waals surface area contributed by atoms with Gasteiger partial charge in [0, 0.05) is 95.6 Å². The van der Waals surface area contributed by atoms with Gasteiger partial charge in [0.1, 0.15) is 40.8 Å². The number of aromatic nitrogens is 4. The van der Waals surface area contributed by atoms with Gasteiger partial charge in [-0.15, -0.1) is 8.58 Å². The minimum absolute atomic E-state index is 0.0550.